The maximum absolute atomic E-state index is 4.47. The third kappa shape index (κ3) is 7.76. The average molecular weight is 768 g/mol. The maximum Gasteiger partial charge on any atom is 0.115 e. The molecule has 0 spiro atoms. The minimum absolute atomic E-state index is 0.995. The van der Waals surface area contributed by atoms with E-state index in [1.165, 1.54) is 0 Å². The van der Waals surface area contributed by atoms with E-state index in [4.69, 9.17) is 0 Å². The van der Waals surface area contributed by atoms with Gasteiger partial charge in [0.05, 0.1) is 0 Å². The molecule has 0 amide bonds. The van der Waals surface area contributed by atoms with Crippen LogP contribution in [-0.4, -0.2) is 24.9 Å². The fraction of sp³-hybridized carbons (Fsp3) is 0. The monoisotopic (exact) mass is 767 g/mol. The van der Waals surface area contributed by atoms with Crippen LogP contribution in [0, 0.1) is 0 Å². The Kier molecular flexibility index (Phi) is 9.88. The lowest BCUT2D eigenvalue weighted by molar-refractivity contribution is 1.17. The molecule has 60 heavy (non-hydrogen) atoms. The molecule has 0 aliphatic rings. The van der Waals surface area contributed by atoms with Gasteiger partial charge in [0.1, 0.15) is 12.7 Å². The number of rotatable bonds is 9. The highest BCUT2D eigenvalue weighted by molar-refractivity contribution is 5.85. The van der Waals surface area contributed by atoms with Gasteiger partial charge in [-0.3, -0.25) is 4.98 Å². The third-order valence-electron chi connectivity index (χ3n) is 10.9. The van der Waals surface area contributed by atoms with Gasteiger partial charge in [0.2, 0.25) is 0 Å². The first-order valence-corrected chi connectivity index (χ1v) is 19.9. The highest BCUT2D eigenvalue weighted by Crippen LogP contribution is 2.37. The third-order valence-corrected chi connectivity index (χ3v) is 10.9. The summed E-state index contributed by atoms with van der Waals surface area (Å²) in [5.41, 5.74) is 20.1. The second-order valence-electron chi connectivity index (χ2n) is 14.8. The zero-order valence-corrected chi connectivity index (χ0v) is 32.6. The van der Waals surface area contributed by atoms with Gasteiger partial charge in [-0.2, -0.15) is 0 Å². The molecule has 0 bridgehead atoms. The molecular formula is C55H37N5. The summed E-state index contributed by atoms with van der Waals surface area (Å²) in [6.45, 7) is 0. The number of benzene rings is 7. The molecule has 0 saturated heterocycles. The highest BCUT2D eigenvalue weighted by Gasteiger charge is 2.12. The van der Waals surface area contributed by atoms with Crippen molar-refractivity contribution in [3.63, 3.8) is 0 Å². The Morgan fingerprint density at radius 2 is 0.400 bits per heavy atom. The van der Waals surface area contributed by atoms with Crippen molar-refractivity contribution in [2.75, 3.05) is 0 Å². The molecular weight excluding hydrogens is 731 g/mol. The van der Waals surface area contributed by atoms with Crippen molar-refractivity contribution in [2.45, 2.75) is 0 Å². The van der Waals surface area contributed by atoms with Gasteiger partial charge in [-0.05, 0) is 144 Å². The number of nitrogens with zero attached hydrogens (tertiary/aromatic N) is 5. The van der Waals surface area contributed by atoms with Crippen LogP contribution in [-0.2, 0) is 0 Å². The number of pyridine rings is 1. The fourth-order valence-electron chi connectivity index (χ4n) is 7.83. The standard InChI is InChI=1S/C55H37N5/c1-8-38(22-40(10-1)44-14-5-18-48(26-44)54-32-57-36-58-33-54)42-12-3-16-46(24-42)51-28-52(30-53(29-51)50-20-7-21-56-31-50)47-17-4-13-43(25-47)39-9-2-11-41(23-39)45-15-6-19-49(27-45)55-34-59-37-60-35-55/h1-37H. The van der Waals surface area contributed by atoms with E-state index in [1.54, 1.807) is 12.7 Å². The minimum Gasteiger partial charge on any atom is -0.264 e. The van der Waals surface area contributed by atoms with Crippen LogP contribution in [0.5, 0.6) is 0 Å². The van der Waals surface area contributed by atoms with Gasteiger partial charge in [-0.15, -0.1) is 0 Å². The van der Waals surface area contributed by atoms with E-state index < -0.39 is 0 Å². The SMILES string of the molecule is c1cncc(-c2cc(-c3cccc(-c4cccc(-c5cccc(-c6cncnc6)c5)c4)c3)cc(-c3cccc(-c4cccc(-c5cccc(-c6cncnc6)c5)c4)c3)c2)c1. The van der Waals surface area contributed by atoms with Gasteiger partial charge in [0.25, 0.3) is 0 Å². The molecule has 0 saturated carbocycles. The van der Waals surface area contributed by atoms with Gasteiger partial charge >= 0.3 is 0 Å². The van der Waals surface area contributed by atoms with Crippen molar-refractivity contribution in [2.24, 2.45) is 0 Å². The number of aromatic nitrogens is 5. The molecule has 7 aromatic carbocycles. The molecule has 0 radical (unpaired) electrons. The van der Waals surface area contributed by atoms with E-state index in [9.17, 15) is 0 Å². The van der Waals surface area contributed by atoms with E-state index >= 15 is 0 Å². The fourth-order valence-corrected chi connectivity index (χ4v) is 7.83. The average Bonchev–Trinajstić information content (AvgIpc) is 3.35. The molecule has 10 rings (SSSR count). The number of hydrogen-bond donors (Lipinski definition) is 0. The molecule has 0 aliphatic heterocycles. The van der Waals surface area contributed by atoms with Crippen LogP contribution in [0.3, 0.4) is 0 Å². The maximum atomic E-state index is 4.47. The summed E-state index contributed by atoms with van der Waals surface area (Å²) >= 11 is 0. The Balaban J connectivity index is 0.997. The molecule has 0 aliphatic carbocycles. The van der Waals surface area contributed by atoms with Gasteiger partial charge in [0.15, 0.2) is 0 Å². The smallest absolute Gasteiger partial charge is 0.115 e. The molecule has 5 heteroatoms. The summed E-state index contributed by atoms with van der Waals surface area (Å²) in [6, 6.07) is 63.3. The van der Waals surface area contributed by atoms with Crippen LogP contribution in [0.1, 0.15) is 0 Å². The van der Waals surface area contributed by atoms with Crippen molar-refractivity contribution in [1.82, 2.24) is 24.9 Å². The first-order valence-electron chi connectivity index (χ1n) is 19.9. The summed E-state index contributed by atoms with van der Waals surface area (Å²) in [5.74, 6) is 0. The molecule has 3 aromatic heterocycles. The van der Waals surface area contributed by atoms with Crippen LogP contribution >= 0.6 is 0 Å². The van der Waals surface area contributed by atoms with Gasteiger partial charge in [0, 0.05) is 53.9 Å². The Morgan fingerprint density at radius 1 is 0.183 bits per heavy atom. The van der Waals surface area contributed by atoms with Gasteiger partial charge in [-0.1, -0.05) is 115 Å². The van der Waals surface area contributed by atoms with E-state index in [2.05, 4.69) is 195 Å². The van der Waals surface area contributed by atoms with Crippen LogP contribution in [0.2, 0.25) is 0 Å². The van der Waals surface area contributed by atoms with Crippen LogP contribution in [0.25, 0.3) is 100 Å². The first-order chi connectivity index (χ1) is 29.7. The Labute approximate surface area is 349 Å². The quantitative estimate of drug-likeness (QED) is 0.146. The van der Waals surface area contributed by atoms with Crippen LogP contribution < -0.4 is 0 Å². The lowest BCUT2D eigenvalue weighted by Crippen LogP contribution is -1.89. The minimum atomic E-state index is 0.995. The zero-order chi connectivity index (χ0) is 40.1. The second-order valence-corrected chi connectivity index (χ2v) is 14.8. The summed E-state index contributed by atoms with van der Waals surface area (Å²) in [5, 5.41) is 0. The predicted octanol–water partition coefficient (Wildman–Crippen LogP) is 13.7. The Morgan fingerprint density at radius 3 is 0.683 bits per heavy atom. The first kappa shape index (κ1) is 36.2. The van der Waals surface area contributed by atoms with Gasteiger partial charge < -0.3 is 0 Å². The molecule has 10 aromatic rings. The van der Waals surface area contributed by atoms with E-state index in [0.29, 0.717) is 0 Å². The molecule has 0 N–H and O–H groups in total. The Hall–Kier alpha value is -8.15. The van der Waals surface area contributed by atoms with E-state index in [0.717, 1.165) is 100 Å². The molecule has 0 atom stereocenters. The lowest BCUT2D eigenvalue weighted by Gasteiger charge is -2.14. The Bertz CT molecular complexity index is 2900. The van der Waals surface area contributed by atoms with E-state index in [1.807, 2.05) is 43.2 Å². The normalized spacial score (nSPS) is 11.0. The topological polar surface area (TPSA) is 64.5 Å². The van der Waals surface area contributed by atoms with Crippen LogP contribution in [0.4, 0.5) is 0 Å². The van der Waals surface area contributed by atoms with E-state index in [-0.39, 0.29) is 0 Å². The molecule has 5 nitrogen and oxygen atoms in total. The predicted molar refractivity (Wildman–Crippen MR) is 244 cm³/mol. The summed E-state index contributed by atoms with van der Waals surface area (Å²) < 4.78 is 0. The van der Waals surface area contributed by atoms with Crippen molar-refractivity contribution in [3.05, 3.63) is 226 Å². The lowest BCUT2D eigenvalue weighted by atomic mass is 9.91. The summed E-state index contributed by atoms with van der Waals surface area (Å²) in [6.07, 6.45) is 14.3. The molecule has 282 valence electrons. The largest absolute Gasteiger partial charge is 0.264 e. The molecule has 3 heterocycles. The van der Waals surface area contributed by atoms with Crippen molar-refractivity contribution in [3.8, 4) is 100 Å². The zero-order valence-electron chi connectivity index (χ0n) is 32.6. The van der Waals surface area contributed by atoms with Crippen molar-refractivity contribution >= 4 is 0 Å². The summed E-state index contributed by atoms with van der Waals surface area (Å²) in [7, 11) is 0. The van der Waals surface area contributed by atoms with Crippen LogP contribution in [0.15, 0.2) is 226 Å². The second kappa shape index (κ2) is 16.4. The van der Waals surface area contributed by atoms with Crippen molar-refractivity contribution in [1.29, 1.82) is 0 Å². The van der Waals surface area contributed by atoms with Crippen molar-refractivity contribution < 1.29 is 0 Å². The van der Waals surface area contributed by atoms with Gasteiger partial charge in [-0.25, -0.2) is 19.9 Å². The molecule has 0 fully saturated rings. The highest BCUT2D eigenvalue weighted by atomic mass is 14.8. The summed E-state index contributed by atoms with van der Waals surface area (Å²) in [4.78, 5) is 21.3. The number of hydrogen-bond acceptors (Lipinski definition) is 5. The molecule has 0 unspecified atom stereocenters.